The first-order chi connectivity index (χ1) is 35.7. The highest BCUT2D eigenvalue weighted by molar-refractivity contribution is 6.14. The van der Waals surface area contributed by atoms with Crippen molar-refractivity contribution < 1.29 is 4.42 Å². The minimum absolute atomic E-state index is 0.792. The Morgan fingerprint density at radius 2 is 0.764 bits per heavy atom. The van der Waals surface area contributed by atoms with Gasteiger partial charge in [0.05, 0.1) is 0 Å². The lowest BCUT2D eigenvalue weighted by atomic mass is 9.84. The number of fused-ring (bicyclic) bond motifs is 12. The van der Waals surface area contributed by atoms with Crippen LogP contribution in [-0.4, -0.2) is 0 Å². The van der Waals surface area contributed by atoms with Crippen molar-refractivity contribution in [3.8, 4) is 55.6 Å². The van der Waals surface area contributed by atoms with Gasteiger partial charge in [0.25, 0.3) is 0 Å². The molecule has 72 heavy (non-hydrogen) atoms. The van der Waals surface area contributed by atoms with E-state index in [-0.39, 0.29) is 0 Å². The van der Waals surface area contributed by atoms with Gasteiger partial charge in [-0.2, -0.15) is 0 Å². The number of benzene rings is 12. The van der Waals surface area contributed by atoms with Crippen LogP contribution in [-0.2, 0) is 12.8 Å². The van der Waals surface area contributed by atoms with Gasteiger partial charge >= 0.3 is 0 Å². The number of anilines is 3. The van der Waals surface area contributed by atoms with E-state index in [1.807, 2.05) is 0 Å². The second kappa shape index (κ2) is 17.3. The van der Waals surface area contributed by atoms with E-state index in [4.69, 9.17) is 4.42 Å². The van der Waals surface area contributed by atoms with Gasteiger partial charge in [-0.05, 0) is 161 Å². The highest BCUT2D eigenvalue weighted by Crippen LogP contribution is 2.44. The fourth-order valence-electron chi connectivity index (χ4n) is 11.5. The SMILES string of the molecule is c1ccc(-c2cccc3c2oc2ccc(-c4ccc(N(c5ccc(-c6cc7ccccc7c7ccccc67)cc5)c5ccc6c(c5)Cc5ccccc5-c5ccccc5Cc5ccccc5-6)cc4)cc23)cc1. The average molecular weight is 918 g/mol. The molecule has 0 saturated heterocycles. The molecule has 0 bridgehead atoms. The molecule has 1 heterocycles. The zero-order valence-electron chi connectivity index (χ0n) is 39.6. The van der Waals surface area contributed by atoms with Gasteiger partial charge < -0.3 is 9.32 Å². The molecule has 0 saturated carbocycles. The molecule has 0 spiro atoms. The third kappa shape index (κ3) is 7.19. The standard InChI is InChI=1S/C70H47NO/c1-2-15-47(16-3-1)63-27-14-28-66-68-44-49(33-40-69(68)72-70(63)66)46-29-34-55(35-30-46)71(56-36-31-48(32-37-56)67-45-53-20-7-11-24-61(53)64-25-12-13-26-65(64)67)57-38-39-62-54(43-57)42-52-19-6-9-22-59(52)58-21-8-4-17-50(58)41-51-18-5-10-23-60(51)62/h1-40,43-45H,41-42H2. The molecule has 0 aliphatic heterocycles. The van der Waals surface area contributed by atoms with Crippen molar-refractivity contribution in [2.24, 2.45) is 0 Å². The predicted molar refractivity (Wildman–Crippen MR) is 303 cm³/mol. The topological polar surface area (TPSA) is 16.4 Å². The van der Waals surface area contributed by atoms with Gasteiger partial charge in [0.2, 0.25) is 0 Å². The molecule has 1 aliphatic carbocycles. The zero-order valence-corrected chi connectivity index (χ0v) is 39.6. The molecule has 14 rings (SSSR count). The van der Waals surface area contributed by atoms with Gasteiger partial charge in [-0.1, -0.05) is 206 Å². The molecule has 338 valence electrons. The Kier molecular flexibility index (Phi) is 10.0. The van der Waals surface area contributed by atoms with Gasteiger partial charge in [-0.15, -0.1) is 0 Å². The van der Waals surface area contributed by atoms with Crippen molar-refractivity contribution in [3.05, 3.63) is 283 Å². The van der Waals surface area contributed by atoms with E-state index in [1.54, 1.807) is 0 Å². The van der Waals surface area contributed by atoms with E-state index < -0.39 is 0 Å². The fourth-order valence-corrected chi connectivity index (χ4v) is 11.5. The average Bonchev–Trinajstić information content (AvgIpc) is 3.83. The minimum atomic E-state index is 0.792. The molecular weight excluding hydrogens is 871 g/mol. The highest BCUT2D eigenvalue weighted by Gasteiger charge is 2.22. The molecule has 0 N–H and O–H groups in total. The first-order valence-corrected chi connectivity index (χ1v) is 25.0. The first kappa shape index (κ1) is 41.7. The van der Waals surface area contributed by atoms with Crippen LogP contribution in [0.25, 0.3) is 99.1 Å². The van der Waals surface area contributed by atoms with Crippen molar-refractivity contribution in [3.63, 3.8) is 0 Å². The summed E-state index contributed by atoms with van der Waals surface area (Å²) < 4.78 is 6.57. The summed E-state index contributed by atoms with van der Waals surface area (Å²) in [4.78, 5) is 2.43. The van der Waals surface area contributed by atoms with Crippen LogP contribution in [0.15, 0.2) is 265 Å². The lowest BCUT2D eigenvalue weighted by Gasteiger charge is -2.28. The lowest BCUT2D eigenvalue weighted by molar-refractivity contribution is 0.670. The summed E-state index contributed by atoms with van der Waals surface area (Å²) in [7, 11) is 0. The Morgan fingerprint density at radius 1 is 0.264 bits per heavy atom. The zero-order chi connectivity index (χ0) is 47.5. The van der Waals surface area contributed by atoms with Gasteiger partial charge in [0, 0.05) is 33.4 Å². The third-order valence-electron chi connectivity index (χ3n) is 15.0. The van der Waals surface area contributed by atoms with Crippen molar-refractivity contribution in [2.45, 2.75) is 12.8 Å². The number of para-hydroxylation sites is 1. The molecule has 0 atom stereocenters. The molecule has 0 fully saturated rings. The Balaban J connectivity index is 0.904. The Labute approximate surface area is 419 Å². The summed E-state index contributed by atoms with van der Waals surface area (Å²) >= 11 is 0. The van der Waals surface area contributed by atoms with Crippen LogP contribution in [0, 0.1) is 0 Å². The molecular formula is C70H47NO. The molecule has 13 aromatic rings. The van der Waals surface area contributed by atoms with Gasteiger partial charge in [-0.25, -0.2) is 0 Å². The second-order valence-electron chi connectivity index (χ2n) is 19.1. The number of hydrogen-bond donors (Lipinski definition) is 0. The van der Waals surface area contributed by atoms with E-state index in [0.29, 0.717) is 0 Å². The summed E-state index contributed by atoms with van der Waals surface area (Å²) in [5, 5.41) is 7.28. The van der Waals surface area contributed by atoms with Crippen LogP contribution in [0.1, 0.15) is 22.3 Å². The quantitative estimate of drug-likeness (QED) is 0.155. The summed E-state index contributed by atoms with van der Waals surface area (Å²) in [5.74, 6) is 0. The third-order valence-corrected chi connectivity index (χ3v) is 15.0. The maximum atomic E-state index is 6.57. The van der Waals surface area contributed by atoms with Crippen LogP contribution in [0.3, 0.4) is 0 Å². The van der Waals surface area contributed by atoms with E-state index in [2.05, 4.69) is 266 Å². The Morgan fingerprint density at radius 3 is 1.46 bits per heavy atom. The predicted octanol–water partition coefficient (Wildman–Crippen LogP) is 19.2. The molecule has 0 unspecified atom stereocenters. The maximum absolute atomic E-state index is 6.57. The van der Waals surface area contributed by atoms with Crippen LogP contribution < -0.4 is 4.90 Å². The van der Waals surface area contributed by atoms with Gasteiger partial charge in [0.15, 0.2) is 0 Å². The smallest absolute Gasteiger partial charge is 0.143 e. The number of rotatable bonds is 6. The van der Waals surface area contributed by atoms with E-state index in [0.717, 1.165) is 74.1 Å². The van der Waals surface area contributed by atoms with Crippen LogP contribution in [0.4, 0.5) is 17.1 Å². The fraction of sp³-hybridized carbons (Fsp3) is 0.0286. The van der Waals surface area contributed by atoms with Gasteiger partial charge in [0.1, 0.15) is 11.2 Å². The first-order valence-electron chi connectivity index (χ1n) is 25.0. The van der Waals surface area contributed by atoms with Crippen LogP contribution >= 0.6 is 0 Å². The van der Waals surface area contributed by atoms with E-state index in [1.165, 1.54) is 77.2 Å². The minimum Gasteiger partial charge on any atom is -0.455 e. The molecule has 2 heteroatoms. The summed E-state index contributed by atoms with van der Waals surface area (Å²) in [6.45, 7) is 0. The molecule has 1 aromatic heterocycles. The monoisotopic (exact) mass is 917 g/mol. The van der Waals surface area contributed by atoms with Crippen LogP contribution in [0.2, 0.25) is 0 Å². The highest BCUT2D eigenvalue weighted by atomic mass is 16.3. The summed E-state index contributed by atoms with van der Waals surface area (Å²) in [6, 6.07) is 95.7. The molecule has 1 aliphatic rings. The van der Waals surface area contributed by atoms with E-state index >= 15 is 0 Å². The van der Waals surface area contributed by atoms with Crippen molar-refractivity contribution in [1.82, 2.24) is 0 Å². The lowest BCUT2D eigenvalue weighted by Crippen LogP contribution is -2.11. The van der Waals surface area contributed by atoms with Gasteiger partial charge in [-0.3, -0.25) is 0 Å². The van der Waals surface area contributed by atoms with Crippen molar-refractivity contribution >= 4 is 60.5 Å². The summed E-state index contributed by atoms with van der Waals surface area (Å²) in [5.41, 5.74) is 22.5. The number of furan rings is 1. The Hall–Kier alpha value is -9.24. The molecule has 2 nitrogen and oxygen atoms in total. The second-order valence-corrected chi connectivity index (χ2v) is 19.1. The largest absolute Gasteiger partial charge is 0.455 e. The Bertz CT molecular complexity index is 4200. The van der Waals surface area contributed by atoms with E-state index in [9.17, 15) is 0 Å². The molecule has 12 aromatic carbocycles. The summed E-state index contributed by atoms with van der Waals surface area (Å²) in [6.07, 6.45) is 1.65. The molecule has 0 amide bonds. The van der Waals surface area contributed by atoms with Crippen molar-refractivity contribution in [1.29, 1.82) is 0 Å². The number of hydrogen-bond acceptors (Lipinski definition) is 2. The van der Waals surface area contributed by atoms with Crippen LogP contribution in [0.5, 0.6) is 0 Å². The number of nitrogens with zero attached hydrogens (tertiary/aromatic N) is 1. The maximum Gasteiger partial charge on any atom is 0.143 e. The van der Waals surface area contributed by atoms with Crippen molar-refractivity contribution in [2.75, 3.05) is 4.90 Å². The normalized spacial score (nSPS) is 12.1. The molecule has 0 radical (unpaired) electrons.